The van der Waals surface area contributed by atoms with Gasteiger partial charge in [0.25, 0.3) is 0 Å². The van der Waals surface area contributed by atoms with Crippen molar-refractivity contribution in [2.24, 2.45) is 5.73 Å². The molecule has 0 atom stereocenters. The van der Waals surface area contributed by atoms with Gasteiger partial charge in [-0.05, 0) is 62.9 Å². The SMILES string of the molecule is CCOc1cc(C)c(Cl)cc1CCCCN. The third-order valence-corrected chi connectivity index (χ3v) is 2.95. The Kier molecular flexibility index (Phi) is 5.64. The molecule has 0 aliphatic carbocycles. The molecule has 1 aromatic carbocycles. The van der Waals surface area contributed by atoms with Crippen molar-refractivity contribution in [1.82, 2.24) is 0 Å². The molecule has 0 spiro atoms. The minimum absolute atomic E-state index is 0.685. The number of rotatable bonds is 6. The number of halogens is 1. The first-order valence-corrected chi connectivity index (χ1v) is 6.18. The quantitative estimate of drug-likeness (QED) is 0.776. The van der Waals surface area contributed by atoms with Crippen LogP contribution in [0.15, 0.2) is 12.1 Å². The number of hydrogen-bond acceptors (Lipinski definition) is 2. The summed E-state index contributed by atoms with van der Waals surface area (Å²) in [5, 5.41) is 0.811. The first kappa shape index (κ1) is 13.3. The smallest absolute Gasteiger partial charge is 0.122 e. The molecule has 0 amide bonds. The van der Waals surface area contributed by atoms with Crippen LogP contribution >= 0.6 is 11.6 Å². The van der Waals surface area contributed by atoms with E-state index < -0.39 is 0 Å². The topological polar surface area (TPSA) is 35.2 Å². The summed E-state index contributed by atoms with van der Waals surface area (Å²) in [7, 11) is 0. The Morgan fingerprint density at radius 1 is 1.31 bits per heavy atom. The Morgan fingerprint density at radius 3 is 2.69 bits per heavy atom. The molecule has 0 heterocycles. The molecular weight excluding hydrogens is 222 g/mol. The van der Waals surface area contributed by atoms with Crippen molar-refractivity contribution < 1.29 is 4.74 Å². The molecule has 0 bridgehead atoms. The van der Waals surface area contributed by atoms with Crippen LogP contribution in [0.4, 0.5) is 0 Å². The fraction of sp³-hybridized carbons (Fsp3) is 0.538. The van der Waals surface area contributed by atoms with E-state index in [-0.39, 0.29) is 0 Å². The third-order valence-electron chi connectivity index (χ3n) is 2.54. The maximum atomic E-state index is 6.12. The second-order valence-electron chi connectivity index (χ2n) is 3.89. The largest absolute Gasteiger partial charge is 0.494 e. The van der Waals surface area contributed by atoms with Crippen molar-refractivity contribution in [3.8, 4) is 5.75 Å². The monoisotopic (exact) mass is 241 g/mol. The minimum Gasteiger partial charge on any atom is -0.494 e. The molecule has 0 unspecified atom stereocenters. The zero-order chi connectivity index (χ0) is 12.0. The van der Waals surface area contributed by atoms with Crippen molar-refractivity contribution >= 4 is 11.6 Å². The molecule has 2 N–H and O–H groups in total. The number of unbranched alkanes of at least 4 members (excludes halogenated alkanes) is 1. The van der Waals surface area contributed by atoms with Gasteiger partial charge in [0, 0.05) is 5.02 Å². The molecule has 0 aliphatic heterocycles. The van der Waals surface area contributed by atoms with Gasteiger partial charge in [0.15, 0.2) is 0 Å². The van der Waals surface area contributed by atoms with Crippen LogP contribution in [0.25, 0.3) is 0 Å². The molecule has 16 heavy (non-hydrogen) atoms. The second kappa shape index (κ2) is 6.77. The first-order valence-electron chi connectivity index (χ1n) is 5.81. The fourth-order valence-corrected chi connectivity index (χ4v) is 1.83. The minimum atomic E-state index is 0.685. The molecule has 0 saturated carbocycles. The highest BCUT2D eigenvalue weighted by molar-refractivity contribution is 6.31. The van der Waals surface area contributed by atoms with E-state index in [0.717, 1.165) is 42.1 Å². The first-order chi connectivity index (χ1) is 7.69. The van der Waals surface area contributed by atoms with Gasteiger partial charge in [-0.3, -0.25) is 0 Å². The summed E-state index contributed by atoms with van der Waals surface area (Å²) < 4.78 is 5.61. The molecule has 0 radical (unpaired) electrons. The van der Waals surface area contributed by atoms with Crippen molar-refractivity contribution in [3.63, 3.8) is 0 Å². The lowest BCUT2D eigenvalue weighted by atomic mass is 10.0. The van der Waals surface area contributed by atoms with E-state index in [9.17, 15) is 0 Å². The predicted molar refractivity (Wildman–Crippen MR) is 69.4 cm³/mol. The highest BCUT2D eigenvalue weighted by Crippen LogP contribution is 2.28. The van der Waals surface area contributed by atoms with Gasteiger partial charge < -0.3 is 10.5 Å². The second-order valence-corrected chi connectivity index (χ2v) is 4.30. The zero-order valence-corrected chi connectivity index (χ0v) is 10.8. The lowest BCUT2D eigenvalue weighted by Crippen LogP contribution is -2.01. The van der Waals surface area contributed by atoms with E-state index in [1.807, 2.05) is 26.0 Å². The molecule has 1 aromatic rings. The molecule has 0 saturated heterocycles. The van der Waals surface area contributed by atoms with E-state index in [0.29, 0.717) is 6.61 Å². The van der Waals surface area contributed by atoms with Crippen LogP contribution in [0.1, 0.15) is 30.9 Å². The summed E-state index contributed by atoms with van der Waals surface area (Å²) in [4.78, 5) is 0. The van der Waals surface area contributed by atoms with Gasteiger partial charge in [-0.1, -0.05) is 11.6 Å². The fourth-order valence-electron chi connectivity index (χ4n) is 1.64. The van der Waals surface area contributed by atoms with Crippen LogP contribution in [0, 0.1) is 6.92 Å². The van der Waals surface area contributed by atoms with Crippen LogP contribution in [-0.4, -0.2) is 13.2 Å². The van der Waals surface area contributed by atoms with Crippen LogP contribution in [0.2, 0.25) is 5.02 Å². The molecule has 3 heteroatoms. The summed E-state index contributed by atoms with van der Waals surface area (Å²) in [5.41, 5.74) is 7.73. The zero-order valence-electron chi connectivity index (χ0n) is 10.1. The number of ether oxygens (including phenoxy) is 1. The standard InChI is InChI=1S/C13H20ClNO/c1-3-16-13-8-10(2)12(14)9-11(13)6-4-5-7-15/h8-9H,3-7,15H2,1-2H3. The molecule has 2 nitrogen and oxygen atoms in total. The molecule has 1 rings (SSSR count). The van der Waals surface area contributed by atoms with Gasteiger partial charge in [-0.15, -0.1) is 0 Å². The van der Waals surface area contributed by atoms with Crippen LogP contribution < -0.4 is 10.5 Å². The summed E-state index contributed by atoms with van der Waals surface area (Å²) in [6.07, 6.45) is 3.10. The third kappa shape index (κ3) is 3.69. The molecular formula is C13H20ClNO. The van der Waals surface area contributed by atoms with E-state index >= 15 is 0 Å². The normalized spacial score (nSPS) is 10.5. The molecule has 0 fully saturated rings. The Balaban J connectivity index is 2.82. The Hall–Kier alpha value is -0.730. The maximum absolute atomic E-state index is 6.12. The Morgan fingerprint density at radius 2 is 2.06 bits per heavy atom. The summed E-state index contributed by atoms with van der Waals surface area (Å²) in [5.74, 6) is 0.960. The van der Waals surface area contributed by atoms with Gasteiger partial charge in [-0.2, -0.15) is 0 Å². The lowest BCUT2D eigenvalue weighted by Gasteiger charge is -2.12. The number of hydrogen-bond donors (Lipinski definition) is 1. The molecule has 0 aliphatic rings. The number of benzene rings is 1. The Bertz CT molecular complexity index is 339. The maximum Gasteiger partial charge on any atom is 0.122 e. The Labute approximate surface area is 103 Å². The molecule has 0 aromatic heterocycles. The van der Waals surface area contributed by atoms with Crippen molar-refractivity contribution in [1.29, 1.82) is 0 Å². The van der Waals surface area contributed by atoms with Gasteiger partial charge in [0.1, 0.15) is 5.75 Å². The average Bonchev–Trinajstić information content (AvgIpc) is 2.25. The predicted octanol–water partition coefficient (Wildman–Crippen LogP) is 3.33. The summed E-state index contributed by atoms with van der Waals surface area (Å²) in [6, 6.07) is 4.03. The van der Waals surface area contributed by atoms with Gasteiger partial charge in [0.05, 0.1) is 6.61 Å². The van der Waals surface area contributed by atoms with Gasteiger partial charge in [0.2, 0.25) is 0 Å². The van der Waals surface area contributed by atoms with Crippen LogP contribution in [0.3, 0.4) is 0 Å². The number of aryl methyl sites for hydroxylation is 2. The molecule has 90 valence electrons. The average molecular weight is 242 g/mol. The van der Waals surface area contributed by atoms with Crippen LogP contribution in [0.5, 0.6) is 5.75 Å². The van der Waals surface area contributed by atoms with Crippen LogP contribution in [-0.2, 0) is 6.42 Å². The van der Waals surface area contributed by atoms with E-state index in [4.69, 9.17) is 22.1 Å². The highest BCUT2D eigenvalue weighted by atomic mass is 35.5. The van der Waals surface area contributed by atoms with Gasteiger partial charge in [-0.25, -0.2) is 0 Å². The summed E-state index contributed by atoms with van der Waals surface area (Å²) >= 11 is 6.12. The summed E-state index contributed by atoms with van der Waals surface area (Å²) in [6.45, 7) is 5.41. The van der Waals surface area contributed by atoms with Crippen molar-refractivity contribution in [3.05, 3.63) is 28.3 Å². The highest BCUT2D eigenvalue weighted by Gasteiger charge is 2.07. The van der Waals surface area contributed by atoms with Gasteiger partial charge >= 0.3 is 0 Å². The lowest BCUT2D eigenvalue weighted by molar-refractivity contribution is 0.336. The van der Waals surface area contributed by atoms with Crippen molar-refractivity contribution in [2.45, 2.75) is 33.1 Å². The van der Waals surface area contributed by atoms with E-state index in [1.165, 1.54) is 5.56 Å². The number of nitrogens with two attached hydrogens (primary N) is 1. The van der Waals surface area contributed by atoms with E-state index in [1.54, 1.807) is 0 Å². The van der Waals surface area contributed by atoms with Crippen molar-refractivity contribution in [2.75, 3.05) is 13.2 Å². The van der Waals surface area contributed by atoms with E-state index in [2.05, 4.69) is 0 Å².